The molecule has 2 atom stereocenters. The van der Waals surface area contributed by atoms with Crippen LogP contribution in [0.2, 0.25) is 0 Å². The Morgan fingerprint density at radius 3 is 2.79 bits per heavy atom. The van der Waals surface area contributed by atoms with Gasteiger partial charge in [0.15, 0.2) is 0 Å². The minimum absolute atomic E-state index is 0.156. The summed E-state index contributed by atoms with van der Waals surface area (Å²) in [4.78, 5) is 3.96. The molecule has 0 spiro atoms. The number of nitrogens with one attached hydrogen (secondary N) is 1. The second kappa shape index (κ2) is 4.53. The molecule has 14 heavy (non-hydrogen) atoms. The predicted molar refractivity (Wildman–Crippen MR) is 54.7 cm³/mol. The Morgan fingerprint density at radius 2 is 2.14 bits per heavy atom. The van der Waals surface area contributed by atoms with Crippen molar-refractivity contribution < 1.29 is 5.11 Å². The first-order valence-electron chi connectivity index (χ1n) is 5.16. The molecule has 1 fully saturated rings. The van der Waals surface area contributed by atoms with Gasteiger partial charge in [-0.05, 0) is 37.0 Å². The Balaban J connectivity index is 1.82. The number of hydrogen-bond donors (Lipinski definition) is 2. The maximum Gasteiger partial charge on any atom is 0.0693 e. The third-order valence-corrected chi connectivity index (χ3v) is 2.80. The fourth-order valence-electron chi connectivity index (χ4n) is 1.93. The van der Waals surface area contributed by atoms with Gasteiger partial charge in [-0.3, -0.25) is 4.98 Å². The lowest BCUT2D eigenvalue weighted by atomic mass is 10.2. The largest absolute Gasteiger partial charge is 0.392 e. The van der Waals surface area contributed by atoms with Crippen LogP contribution in [0.3, 0.4) is 0 Å². The Hall–Kier alpha value is -0.930. The quantitative estimate of drug-likeness (QED) is 0.753. The van der Waals surface area contributed by atoms with Crippen molar-refractivity contribution >= 4 is 0 Å². The van der Waals surface area contributed by atoms with Crippen molar-refractivity contribution in [2.75, 3.05) is 0 Å². The molecule has 1 aliphatic rings. The van der Waals surface area contributed by atoms with Crippen molar-refractivity contribution in [1.29, 1.82) is 0 Å². The molecule has 1 heterocycles. The van der Waals surface area contributed by atoms with Gasteiger partial charge in [-0.25, -0.2) is 0 Å². The molecule has 76 valence electrons. The van der Waals surface area contributed by atoms with Gasteiger partial charge in [-0.1, -0.05) is 0 Å². The minimum atomic E-state index is -0.156. The number of aliphatic hydroxyl groups excluding tert-OH is 1. The van der Waals surface area contributed by atoms with E-state index in [2.05, 4.69) is 10.3 Å². The average molecular weight is 192 g/mol. The molecule has 1 aliphatic carbocycles. The fourth-order valence-corrected chi connectivity index (χ4v) is 1.93. The van der Waals surface area contributed by atoms with E-state index in [0.717, 1.165) is 25.8 Å². The Labute approximate surface area is 84.2 Å². The van der Waals surface area contributed by atoms with Crippen molar-refractivity contribution in [1.82, 2.24) is 10.3 Å². The van der Waals surface area contributed by atoms with E-state index in [-0.39, 0.29) is 12.1 Å². The summed E-state index contributed by atoms with van der Waals surface area (Å²) in [6.07, 6.45) is 6.59. The summed E-state index contributed by atoms with van der Waals surface area (Å²) in [6.45, 7) is 0.824. The summed E-state index contributed by atoms with van der Waals surface area (Å²) in [5, 5.41) is 13.0. The van der Waals surface area contributed by atoms with E-state index in [1.54, 1.807) is 12.4 Å². The maximum absolute atomic E-state index is 9.59. The van der Waals surface area contributed by atoms with Crippen LogP contribution in [-0.4, -0.2) is 22.2 Å². The second-order valence-corrected chi connectivity index (χ2v) is 3.84. The van der Waals surface area contributed by atoms with E-state index in [1.807, 2.05) is 12.1 Å². The minimum Gasteiger partial charge on any atom is -0.392 e. The summed E-state index contributed by atoms with van der Waals surface area (Å²) in [5.74, 6) is 0. The van der Waals surface area contributed by atoms with Crippen LogP contribution in [0, 0.1) is 0 Å². The highest BCUT2D eigenvalue weighted by Crippen LogP contribution is 2.18. The number of aromatic nitrogens is 1. The normalized spacial score (nSPS) is 26.6. The van der Waals surface area contributed by atoms with Gasteiger partial charge in [0.25, 0.3) is 0 Å². The summed E-state index contributed by atoms with van der Waals surface area (Å²) in [7, 11) is 0. The zero-order valence-electron chi connectivity index (χ0n) is 8.19. The van der Waals surface area contributed by atoms with Gasteiger partial charge in [-0.15, -0.1) is 0 Å². The smallest absolute Gasteiger partial charge is 0.0693 e. The number of pyridine rings is 1. The number of hydrogen-bond acceptors (Lipinski definition) is 3. The Kier molecular flexibility index (Phi) is 3.11. The first-order valence-corrected chi connectivity index (χ1v) is 5.16. The molecular formula is C11H16N2O. The van der Waals surface area contributed by atoms with Crippen molar-refractivity contribution in [2.45, 2.75) is 38.0 Å². The fraction of sp³-hybridized carbons (Fsp3) is 0.545. The molecule has 0 aromatic carbocycles. The molecular weight excluding hydrogens is 176 g/mol. The van der Waals surface area contributed by atoms with Crippen LogP contribution < -0.4 is 5.32 Å². The van der Waals surface area contributed by atoms with E-state index in [0.29, 0.717) is 0 Å². The maximum atomic E-state index is 9.59. The number of nitrogens with zero attached hydrogens (tertiary/aromatic N) is 1. The molecule has 1 aromatic heterocycles. The summed E-state index contributed by atoms with van der Waals surface area (Å²) < 4.78 is 0. The molecule has 1 saturated carbocycles. The van der Waals surface area contributed by atoms with E-state index in [1.165, 1.54) is 5.56 Å². The van der Waals surface area contributed by atoms with Crippen LogP contribution in [-0.2, 0) is 6.54 Å². The van der Waals surface area contributed by atoms with Crippen LogP contribution in [0.25, 0.3) is 0 Å². The Bertz CT molecular complexity index is 276. The van der Waals surface area contributed by atoms with Crippen LogP contribution in [0.5, 0.6) is 0 Å². The molecule has 0 saturated heterocycles. The zero-order valence-corrected chi connectivity index (χ0v) is 8.19. The Morgan fingerprint density at radius 1 is 1.36 bits per heavy atom. The lowest BCUT2D eigenvalue weighted by Crippen LogP contribution is -2.34. The second-order valence-electron chi connectivity index (χ2n) is 3.84. The van der Waals surface area contributed by atoms with Gasteiger partial charge >= 0.3 is 0 Å². The molecule has 0 aliphatic heterocycles. The van der Waals surface area contributed by atoms with Gasteiger partial charge in [0.1, 0.15) is 0 Å². The van der Waals surface area contributed by atoms with E-state index in [9.17, 15) is 5.11 Å². The third kappa shape index (κ3) is 2.30. The number of aliphatic hydroxyl groups is 1. The standard InChI is InChI=1S/C11H16N2O/c14-11-3-1-2-10(11)13-8-9-4-6-12-7-5-9/h4-7,10-11,13-14H,1-3,8H2. The highest BCUT2D eigenvalue weighted by atomic mass is 16.3. The molecule has 3 heteroatoms. The highest BCUT2D eigenvalue weighted by Gasteiger charge is 2.24. The predicted octanol–water partition coefficient (Wildman–Crippen LogP) is 1.08. The molecule has 2 N–H and O–H groups in total. The van der Waals surface area contributed by atoms with Crippen LogP contribution >= 0.6 is 0 Å². The van der Waals surface area contributed by atoms with Crippen LogP contribution in [0.15, 0.2) is 24.5 Å². The molecule has 0 bridgehead atoms. The monoisotopic (exact) mass is 192 g/mol. The molecule has 1 aromatic rings. The lowest BCUT2D eigenvalue weighted by molar-refractivity contribution is 0.148. The summed E-state index contributed by atoms with van der Waals surface area (Å²) >= 11 is 0. The van der Waals surface area contributed by atoms with Gasteiger partial charge in [0.2, 0.25) is 0 Å². The van der Waals surface area contributed by atoms with Crippen LogP contribution in [0.4, 0.5) is 0 Å². The molecule has 3 nitrogen and oxygen atoms in total. The van der Waals surface area contributed by atoms with Gasteiger partial charge in [-0.2, -0.15) is 0 Å². The molecule has 0 amide bonds. The van der Waals surface area contributed by atoms with E-state index >= 15 is 0 Å². The zero-order chi connectivity index (χ0) is 9.80. The first kappa shape index (κ1) is 9.62. The summed E-state index contributed by atoms with van der Waals surface area (Å²) in [6, 6.07) is 4.27. The molecule has 0 radical (unpaired) electrons. The number of rotatable bonds is 3. The van der Waals surface area contributed by atoms with E-state index in [4.69, 9.17) is 0 Å². The van der Waals surface area contributed by atoms with Crippen LogP contribution in [0.1, 0.15) is 24.8 Å². The van der Waals surface area contributed by atoms with Gasteiger partial charge in [0.05, 0.1) is 6.10 Å². The highest BCUT2D eigenvalue weighted by molar-refractivity contribution is 5.09. The average Bonchev–Trinajstić information content (AvgIpc) is 2.63. The van der Waals surface area contributed by atoms with Crippen molar-refractivity contribution in [3.05, 3.63) is 30.1 Å². The van der Waals surface area contributed by atoms with E-state index < -0.39 is 0 Å². The van der Waals surface area contributed by atoms with Gasteiger partial charge < -0.3 is 10.4 Å². The first-order chi connectivity index (χ1) is 6.86. The van der Waals surface area contributed by atoms with Crippen molar-refractivity contribution in [2.24, 2.45) is 0 Å². The van der Waals surface area contributed by atoms with Crippen molar-refractivity contribution in [3.8, 4) is 0 Å². The topological polar surface area (TPSA) is 45.1 Å². The SMILES string of the molecule is OC1CCCC1NCc1ccncc1. The molecule has 2 unspecified atom stereocenters. The van der Waals surface area contributed by atoms with Crippen molar-refractivity contribution in [3.63, 3.8) is 0 Å². The lowest BCUT2D eigenvalue weighted by Gasteiger charge is -2.16. The summed E-state index contributed by atoms with van der Waals surface area (Å²) in [5.41, 5.74) is 1.22. The third-order valence-electron chi connectivity index (χ3n) is 2.80. The van der Waals surface area contributed by atoms with Gasteiger partial charge in [0, 0.05) is 25.0 Å². The molecule has 2 rings (SSSR count).